The highest BCUT2D eigenvalue weighted by Crippen LogP contribution is 2.33. The van der Waals surface area contributed by atoms with Crippen molar-refractivity contribution in [3.63, 3.8) is 0 Å². The second-order valence-electron chi connectivity index (χ2n) is 6.53. The van der Waals surface area contributed by atoms with E-state index in [9.17, 15) is 0 Å². The van der Waals surface area contributed by atoms with Crippen LogP contribution in [-0.2, 0) is 18.7 Å². The van der Waals surface area contributed by atoms with Crippen LogP contribution in [0.3, 0.4) is 0 Å². The SMILES string of the molecule is CCCn1c(SCc2csc(-c3ccccc3Cl)n2)nnc1-c1csc(CC)c1. The van der Waals surface area contributed by atoms with Gasteiger partial charge >= 0.3 is 0 Å². The first kappa shape index (κ1) is 20.6. The third-order valence-corrected chi connectivity index (χ3v) is 7.77. The molecule has 0 saturated heterocycles. The van der Waals surface area contributed by atoms with Gasteiger partial charge in [-0.2, -0.15) is 0 Å². The Bertz CT molecular complexity index is 1100. The highest BCUT2D eigenvalue weighted by atomic mass is 35.5. The van der Waals surface area contributed by atoms with Crippen molar-refractivity contribution in [2.45, 2.75) is 44.1 Å². The molecular weight excluding hydrogens is 440 g/mol. The fraction of sp³-hybridized carbons (Fsp3) is 0.286. The fourth-order valence-corrected chi connectivity index (χ4v) is 5.90. The number of thiazole rings is 1. The Hall–Kier alpha value is -1.67. The molecule has 0 aliphatic rings. The Morgan fingerprint density at radius 1 is 1.10 bits per heavy atom. The zero-order valence-electron chi connectivity index (χ0n) is 16.3. The summed E-state index contributed by atoms with van der Waals surface area (Å²) >= 11 is 11.4. The van der Waals surface area contributed by atoms with Crippen molar-refractivity contribution in [1.29, 1.82) is 0 Å². The molecule has 3 heterocycles. The molecule has 150 valence electrons. The van der Waals surface area contributed by atoms with E-state index in [-0.39, 0.29) is 0 Å². The summed E-state index contributed by atoms with van der Waals surface area (Å²) in [5.41, 5.74) is 3.18. The Morgan fingerprint density at radius 3 is 2.72 bits per heavy atom. The molecule has 1 aromatic carbocycles. The summed E-state index contributed by atoms with van der Waals surface area (Å²) in [7, 11) is 0. The van der Waals surface area contributed by atoms with E-state index in [0.29, 0.717) is 0 Å². The molecule has 0 aliphatic carbocycles. The third-order valence-electron chi connectivity index (χ3n) is 4.43. The van der Waals surface area contributed by atoms with E-state index in [1.807, 2.05) is 24.3 Å². The van der Waals surface area contributed by atoms with Crippen LogP contribution < -0.4 is 0 Å². The van der Waals surface area contributed by atoms with Crippen LogP contribution in [0.4, 0.5) is 0 Å². The van der Waals surface area contributed by atoms with Crippen LogP contribution in [0.25, 0.3) is 22.0 Å². The third kappa shape index (κ3) is 4.58. The molecule has 4 rings (SSSR count). The second kappa shape index (κ2) is 9.43. The average molecular weight is 461 g/mol. The van der Waals surface area contributed by atoms with Crippen molar-refractivity contribution < 1.29 is 0 Å². The first-order valence-corrected chi connectivity index (χ1v) is 12.6. The lowest BCUT2D eigenvalue weighted by atomic mass is 10.2. The molecule has 0 atom stereocenters. The van der Waals surface area contributed by atoms with Gasteiger partial charge in [-0.1, -0.05) is 55.4 Å². The molecule has 0 saturated carbocycles. The van der Waals surface area contributed by atoms with Crippen molar-refractivity contribution in [3.05, 3.63) is 56.7 Å². The minimum atomic E-state index is 0.732. The topological polar surface area (TPSA) is 43.6 Å². The van der Waals surface area contributed by atoms with Crippen LogP contribution in [0.2, 0.25) is 5.02 Å². The number of halogens is 1. The molecule has 0 bridgehead atoms. The molecule has 29 heavy (non-hydrogen) atoms. The Kier molecular flexibility index (Phi) is 6.70. The molecule has 0 spiro atoms. The fourth-order valence-electron chi connectivity index (χ4n) is 2.99. The summed E-state index contributed by atoms with van der Waals surface area (Å²) in [6.07, 6.45) is 2.09. The summed E-state index contributed by atoms with van der Waals surface area (Å²) in [6, 6.07) is 10.1. The van der Waals surface area contributed by atoms with Crippen molar-refractivity contribution >= 4 is 46.0 Å². The summed E-state index contributed by atoms with van der Waals surface area (Å²) in [5, 5.41) is 15.9. The van der Waals surface area contributed by atoms with Gasteiger partial charge in [0.05, 0.1) is 10.7 Å². The van der Waals surface area contributed by atoms with E-state index in [4.69, 9.17) is 16.6 Å². The van der Waals surface area contributed by atoms with Crippen molar-refractivity contribution in [2.24, 2.45) is 0 Å². The van der Waals surface area contributed by atoms with Crippen LogP contribution in [0, 0.1) is 0 Å². The molecule has 0 aliphatic heterocycles. The number of hydrogen-bond donors (Lipinski definition) is 0. The van der Waals surface area contributed by atoms with Gasteiger partial charge in [0.25, 0.3) is 0 Å². The van der Waals surface area contributed by atoms with Gasteiger partial charge in [0.1, 0.15) is 5.01 Å². The highest BCUT2D eigenvalue weighted by Gasteiger charge is 2.16. The number of nitrogens with zero attached hydrogens (tertiary/aromatic N) is 4. The molecule has 0 fully saturated rings. The van der Waals surface area contributed by atoms with Crippen molar-refractivity contribution in [2.75, 3.05) is 0 Å². The van der Waals surface area contributed by atoms with Crippen LogP contribution in [-0.4, -0.2) is 19.7 Å². The van der Waals surface area contributed by atoms with Gasteiger partial charge in [-0.15, -0.1) is 32.9 Å². The maximum absolute atomic E-state index is 6.31. The summed E-state index contributed by atoms with van der Waals surface area (Å²) in [6.45, 7) is 5.27. The standard InChI is InChI=1S/C21H21ClN4S3/c1-3-9-26-19(14-10-16(4-2)27-11-14)24-25-21(26)29-13-15-12-28-20(23-15)17-7-5-6-8-18(17)22/h5-8,10-12H,3-4,9,13H2,1-2H3. The predicted octanol–water partition coefficient (Wildman–Crippen LogP) is 7.05. The molecule has 8 heteroatoms. The minimum Gasteiger partial charge on any atom is -0.302 e. The van der Waals surface area contributed by atoms with Gasteiger partial charge in [0, 0.05) is 39.1 Å². The lowest BCUT2D eigenvalue weighted by molar-refractivity contribution is 0.626. The smallest absolute Gasteiger partial charge is 0.191 e. The van der Waals surface area contributed by atoms with E-state index < -0.39 is 0 Å². The summed E-state index contributed by atoms with van der Waals surface area (Å²) in [4.78, 5) is 6.14. The van der Waals surface area contributed by atoms with E-state index in [1.165, 1.54) is 4.88 Å². The maximum Gasteiger partial charge on any atom is 0.191 e. The molecule has 0 N–H and O–H groups in total. The van der Waals surface area contributed by atoms with Crippen LogP contribution in [0.5, 0.6) is 0 Å². The Morgan fingerprint density at radius 2 is 1.97 bits per heavy atom. The number of benzene rings is 1. The number of aryl methyl sites for hydroxylation is 1. The summed E-state index contributed by atoms with van der Waals surface area (Å²) in [5.74, 6) is 1.72. The monoisotopic (exact) mass is 460 g/mol. The van der Waals surface area contributed by atoms with E-state index in [0.717, 1.165) is 63.0 Å². The minimum absolute atomic E-state index is 0.732. The van der Waals surface area contributed by atoms with Crippen molar-refractivity contribution in [1.82, 2.24) is 19.7 Å². The van der Waals surface area contributed by atoms with Gasteiger partial charge < -0.3 is 4.57 Å². The first-order valence-electron chi connectivity index (χ1n) is 9.52. The maximum atomic E-state index is 6.31. The lowest BCUT2D eigenvalue weighted by Crippen LogP contribution is -2.01. The van der Waals surface area contributed by atoms with Crippen LogP contribution >= 0.6 is 46.0 Å². The number of thioether (sulfide) groups is 1. The van der Waals surface area contributed by atoms with Gasteiger partial charge in [-0.05, 0) is 25.0 Å². The number of rotatable bonds is 8. The molecule has 3 aromatic heterocycles. The van der Waals surface area contributed by atoms with Gasteiger partial charge in [-0.25, -0.2) is 4.98 Å². The molecular formula is C21H21ClN4S3. The van der Waals surface area contributed by atoms with E-state index >= 15 is 0 Å². The second-order valence-corrected chi connectivity index (χ2v) is 9.73. The van der Waals surface area contributed by atoms with Crippen LogP contribution in [0.1, 0.15) is 30.8 Å². The van der Waals surface area contributed by atoms with Gasteiger partial charge in [-0.3, -0.25) is 0 Å². The molecule has 0 radical (unpaired) electrons. The predicted molar refractivity (Wildman–Crippen MR) is 125 cm³/mol. The van der Waals surface area contributed by atoms with Crippen LogP contribution in [0.15, 0.2) is 46.2 Å². The zero-order chi connectivity index (χ0) is 20.2. The quantitative estimate of drug-likeness (QED) is 0.264. The van der Waals surface area contributed by atoms with E-state index in [1.54, 1.807) is 34.4 Å². The normalized spacial score (nSPS) is 11.3. The lowest BCUT2D eigenvalue weighted by Gasteiger charge is -2.07. The molecule has 0 unspecified atom stereocenters. The first-order chi connectivity index (χ1) is 14.2. The van der Waals surface area contributed by atoms with E-state index in [2.05, 4.69) is 45.4 Å². The number of thiophene rings is 1. The molecule has 4 nitrogen and oxygen atoms in total. The highest BCUT2D eigenvalue weighted by molar-refractivity contribution is 7.98. The van der Waals surface area contributed by atoms with Crippen molar-refractivity contribution in [3.8, 4) is 22.0 Å². The average Bonchev–Trinajstić information content (AvgIpc) is 3.47. The number of hydrogen-bond acceptors (Lipinski definition) is 6. The largest absolute Gasteiger partial charge is 0.302 e. The Balaban J connectivity index is 1.52. The zero-order valence-corrected chi connectivity index (χ0v) is 19.5. The summed E-state index contributed by atoms with van der Waals surface area (Å²) < 4.78 is 2.23. The molecule has 0 amide bonds. The van der Waals surface area contributed by atoms with Gasteiger partial charge in [0.2, 0.25) is 0 Å². The molecule has 4 aromatic rings. The number of aromatic nitrogens is 4. The van der Waals surface area contributed by atoms with Gasteiger partial charge in [0.15, 0.2) is 11.0 Å². The Labute approximate surface area is 188 Å².